The summed E-state index contributed by atoms with van der Waals surface area (Å²) in [6.07, 6.45) is 1.76. The third-order valence-corrected chi connectivity index (χ3v) is 5.36. The average molecular weight is 426 g/mol. The molecule has 0 aliphatic carbocycles. The number of nitrogens with zero attached hydrogens (tertiary/aromatic N) is 1. The Morgan fingerprint density at radius 2 is 1.80 bits per heavy atom. The summed E-state index contributed by atoms with van der Waals surface area (Å²) >= 11 is 1.21. The molecule has 0 radical (unpaired) electrons. The van der Waals surface area contributed by atoms with Gasteiger partial charge in [-0.3, -0.25) is 0 Å². The molecule has 0 unspecified atom stereocenters. The van der Waals surface area contributed by atoms with E-state index >= 15 is 0 Å². The fraction of sp³-hybridized carbons (Fsp3) is 0.217. The molecule has 3 rings (SSSR count). The van der Waals surface area contributed by atoms with E-state index < -0.39 is 5.97 Å². The minimum Gasteiger partial charge on any atom is -0.506 e. The van der Waals surface area contributed by atoms with Gasteiger partial charge in [0.05, 0.1) is 31.4 Å². The number of ether oxygens (including phenoxy) is 3. The number of aliphatic imine (C=N–C) groups is 1. The molecule has 0 atom stereocenters. The van der Waals surface area contributed by atoms with Crippen LogP contribution in [0.15, 0.2) is 63.7 Å². The molecule has 6 nitrogen and oxygen atoms in total. The van der Waals surface area contributed by atoms with Crippen LogP contribution < -0.4 is 9.47 Å². The summed E-state index contributed by atoms with van der Waals surface area (Å²) < 4.78 is 15.7. The van der Waals surface area contributed by atoms with E-state index in [1.54, 1.807) is 39.4 Å². The Bertz CT molecular complexity index is 1040. The zero-order chi connectivity index (χ0) is 21.7. The maximum Gasteiger partial charge on any atom is 0.344 e. The van der Waals surface area contributed by atoms with Gasteiger partial charge in [0.2, 0.25) is 0 Å². The zero-order valence-corrected chi connectivity index (χ0v) is 18.1. The maximum absolute atomic E-state index is 12.5. The van der Waals surface area contributed by atoms with Crippen molar-refractivity contribution in [2.45, 2.75) is 13.8 Å². The predicted molar refractivity (Wildman–Crippen MR) is 120 cm³/mol. The van der Waals surface area contributed by atoms with Crippen LogP contribution in [0.2, 0.25) is 0 Å². The highest BCUT2D eigenvalue weighted by Gasteiger charge is 2.33. The normalized spacial score (nSPS) is 16.3. The van der Waals surface area contributed by atoms with E-state index in [4.69, 9.17) is 14.2 Å². The first kappa shape index (κ1) is 21.5. The van der Waals surface area contributed by atoms with Crippen molar-refractivity contribution in [3.63, 3.8) is 0 Å². The Morgan fingerprint density at radius 3 is 2.43 bits per heavy atom. The summed E-state index contributed by atoms with van der Waals surface area (Å²) in [5.41, 5.74) is 2.64. The Morgan fingerprint density at radius 1 is 1.10 bits per heavy atom. The minimum atomic E-state index is -0.607. The predicted octanol–water partition coefficient (Wildman–Crippen LogP) is 5.21. The first-order chi connectivity index (χ1) is 14.5. The van der Waals surface area contributed by atoms with E-state index in [2.05, 4.69) is 4.99 Å². The van der Waals surface area contributed by atoms with E-state index in [9.17, 15) is 9.90 Å². The molecule has 2 aromatic carbocycles. The third kappa shape index (κ3) is 4.68. The van der Waals surface area contributed by atoms with E-state index in [0.29, 0.717) is 27.1 Å². The number of rotatable bonds is 6. The van der Waals surface area contributed by atoms with Gasteiger partial charge in [0, 0.05) is 0 Å². The fourth-order valence-corrected chi connectivity index (χ4v) is 3.86. The molecule has 0 bridgehead atoms. The molecule has 1 heterocycles. The van der Waals surface area contributed by atoms with Crippen LogP contribution in [0.25, 0.3) is 6.08 Å². The summed E-state index contributed by atoms with van der Waals surface area (Å²) in [5.74, 6) is 0.410. The first-order valence-corrected chi connectivity index (χ1v) is 10.2. The van der Waals surface area contributed by atoms with Crippen LogP contribution in [-0.4, -0.2) is 36.9 Å². The molecule has 156 valence electrons. The molecule has 1 N–H and O–H groups in total. The molecule has 7 heteroatoms. The molecule has 0 aromatic heterocycles. The van der Waals surface area contributed by atoms with Crippen LogP contribution in [0.5, 0.6) is 11.5 Å². The second-order valence-corrected chi connectivity index (χ2v) is 7.45. The molecule has 1 aliphatic rings. The summed E-state index contributed by atoms with van der Waals surface area (Å²) in [4.78, 5) is 17.6. The Labute approximate surface area is 179 Å². The molecular formula is C23H23NO5S. The number of hydrogen-bond donors (Lipinski definition) is 1. The lowest BCUT2D eigenvalue weighted by molar-refractivity contribution is -0.138. The van der Waals surface area contributed by atoms with Gasteiger partial charge in [-0.05, 0) is 49.8 Å². The lowest BCUT2D eigenvalue weighted by Crippen LogP contribution is -2.12. The summed E-state index contributed by atoms with van der Waals surface area (Å²) in [5, 5.41) is 11.2. The molecule has 0 amide bonds. The van der Waals surface area contributed by atoms with Crippen LogP contribution in [0.1, 0.15) is 18.1 Å². The first-order valence-electron chi connectivity index (χ1n) is 9.34. The molecule has 1 aliphatic heterocycles. The second-order valence-electron chi connectivity index (χ2n) is 6.42. The number of carbonyl (C=O) groups excluding carboxylic acids is 1. The van der Waals surface area contributed by atoms with Crippen LogP contribution >= 0.6 is 11.8 Å². The van der Waals surface area contributed by atoms with Crippen LogP contribution in [0, 0.1) is 6.92 Å². The standard InChI is InChI=1S/C23H23NO5S/c1-5-29-23(26)20-21(25)19(13-15-8-11-17(27-3)18(12-15)28-4)30-22(20)24-16-9-6-14(2)7-10-16/h6-13,25H,5H2,1-4H3/b19-13-,24-22?. The SMILES string of the molecule is CCOC(=O)C1=C(O)/C(=C/c2ccc(OC)c(OC)c2)SC1=Nc1ccc(C)cc1. The Balaban J connectivity index is 2.03. The van der Waals surface area contributed by atoms with E-state index in [0.717, 1.165) is 11.1 Å². The summed E-state index contributed by atoms with van der Waals surface area (Å²) in [7, 11) is 3.12. The molecular weight excluding hydrogens is 402 g/mol. The number of carbonyl (C=O) groups is 1. The maximum atomic E-state index is 12.5. The van der Waals surface area contributed by atoms with Crippen LogP contribution in [0.3, 0.4) is 0 Å². The largest absolute Gasteiger partial charge is 0.506 e. The van der Waals surface area contributed by atoms with E-state index in [-0.39, 0.29) is 17.9 Å². The zero-order valence-electron chi connectivity index (χ0n) is 17.3. The third-order valence-electron chi connectivity index (χ3n) is 4.34. The number of esters is 1. The highest BCUT2D eigenvalue weighted by Crippen LogP contribution is 2.41. The van der Waals surface area contributed by atoms with Gasteiger partial charge in [-0.15, -0.1) is 0 Å². The van der Waals surface area contributed by atoms with Crippen molar-refractivity contribution in [1.82, 2.24) is 0 Å². The van der Waals surface area contributed by atoms with Crippen molar-refractivity contribution in [2.75, 3.05) is 20.8 Å². The number of benzene rings is 2. The van der Waals surface area contributed by atoms with Crippen molar-refractivity contribution >= 4 is 34.5 Å². The van der Waals surface area contributed by atoms with Gasteiger partial charge >= 0.3 is 5.97 Å². The van der Waals surface area contributed by atoms with Gasteiger partial charge < -0.3 is 19.3 Å². The van der Waals surface area contributed by atoms with Gasteiger partial charge in [-0.1, -0.05) is 35.5 Å². The van der Waals surface area contributed by atoms with Gasteiger partial charge in [-0.2, -0.15) is 0 Å². The van der Waals surface area contributed by atoms with E-state index in [1.807, 2.05) is 37.3 Å². The average Bonchev–Trinajstić information content (AvgIpc) is 3.04. The van der Waals surface area contributed by atoms with Gasteiger partial charge in [-0.25, -0.2) is 9.79 Å². The van der Waals surface area contributed by atoms with Crippen molar-refractivity contribution in [3.05, 3.63) is 69.8 Å². The second kappa shape index (κ2) is 9.54. The van der Waals surface area contributed by atoms with Crippen molar-refractivity contribution in [1.29, 1.82) is 0 Å². The number of aryl methyl sites for hydroxylation is 1. The number of aliphatic hydroxyl groups is 1. The molecule has 0 spiro atoms. The number of thioether (sulfide) groups is 1. The highest BCUT2D eigenvalue weighted by atomic mass is 32.2. The number of hydrogen-bond acceptors (Lipinski definition) is 7. The molecule has 2 aromatic rings. The fourth-order valence-electron chi connectivity index (χ4n) is 2.82. The molecule has 0 fully saturated rings. The summed E-state index contributed by atoms with van der Waals surface area (Å²) in [6, 6.07) is 13.0. The van der Waals surface area contributed by atoms with Gasteiger partial charge in [0.25, 0.3) is 0 Å². The van der Waals surface area contributed by atoms with Crippen LogP contribution in [-0.2, 0) is 9.53 Å². The van der Waals surface area contributed by atoms with Crippen LogP contribution in [0.4, 0.5) is 5.69 Å². The van der Waals surface area contributed by atoms with Gasteiger partial charge in [0.15, 0.2) is 11.5 Å². The molecule has 0 saturated carbocycles. The van der Waals surface area contributed by atoms with Crippen molar-refractivity contribution in [2.24, 2.45) is 4.99 Å². The van der Waals surface area contributed by atoms with E-state index in [1.165, 1.54) is 11.8 Å². The molecule has 0 saturated heterocycles. The smallest absolute Gasteiger partial charge is 0.344 e. The molecule has 30 heavy (non-hydrogen) atoms. The minimum absolute atomic E-state index is 0.0640. The lowest BCUT2D eigenvalue weighted by Gasteiger charge is -2.08. The number of methoxy groups -OCH3 is 2. The summed E-state index contributed by atoms with van der Waals surface area (Å²) in [6.45, 7) is 3.91. The topological polar surface area (TPSA) is 77.4 Å². The van der Waals surface area contributed by atoms with Gasteiger partial charge in [0.1, 0.15) is 16.4 Å². The highest BCUT2D eigenvalue weighted by molar-refractivity contribution is 8.18. The quantitative estimate of drug-likeness (QED) is 0.641. The van der Waals surface area contributed by atoms with Crippen molar-refractivity contribution < 1.29 is 24.1 Å². The Kier molecular flexibility index (Phi) is 6.84. The monoisotopic (exact) mass is 425 g/mol. The lowest BCUT2D eigenvalue weighted by atomic mass is 10.1. The van der Waals surface area contributed by atoms with Crippen molar-refractivity contribution in [3.8, 4) is 11.5 Å². The number of aliphatic hydroxyl groups excluding tert-OH is 1. The Hall–Kier alpha value is -3.19.